The van der Waals surface area contributed by atoms with Crippen LogP contribution in [0.1, 0.15) is 18.4 Å². The molecule has 7 nitrogen and oxygen atoms in total. The van der Waals surface area contributed by atoms with Crippen molar-refractivity contribution >= 4 is 33.2 Å². The molecule has 10 heteroatoms. The fourth-order valence-corrected chi connectivity index (χ4v) is 5.39. The summed E-state index contributed by atoms with van der Waals surface area (Å²) in [6.45, 7) is 0.346. The van der Waals surface area contributed by atoms with E-state index in [-0.39, 0.29) is 35.5 Å². The summed E-state index contributed by atoms with van der Waals surface area (Å²) in [5.74, 6) is -0.664. The number of amides is 1. The van der Waals surface area contributed by atoms with Gasteiger partial charge in [0.2, 0.25) is 15.9 Å². The van der Waals surface area contributed by atoms with E-state index in [0.29, 0.717) is 30.0 Å². The maximum Gasteiger partial charge on any atom is 0.227 e. The van der Waals surface area contributed by atoms with Gasteiger partial charge in [-0.25, -0.2) is 17.1 Å². The van der Waals surface area contributed by atoms with Crippen LogP contribution >= 0.6 is 11.6 Å². The maximum absolute atomic E-state index is 14.0. The molecular formula is C21H24ClFN2O5S. The molecule has 1 aliphatic heterocycles. The van der Waals surface area contributed by atoms with Crippen molar-refractivity contribution in [2.45, 2.75) is 18.6 Å². The average molecular weight is 471 g/mol. The minimum atomic E-state index is -3.76. The van der Waals surface area contributed by atoms with Gasteiger partial charge in [-0.3, -0.25) is 4.79 Å². The number of carbonyl (C=O) groups is 1. The van der Waals surface area contributed by atoms with Gasteiger partial charge in [0.1, 0.15) is 17.3 Å². The third kappa shape index (κ3) is 5.47. The molecule has 168 valence electrons. The second-order valence-corrected chi connectivity index (χ2v) is 9.56. The van der Waals surface area contributed by atoms with E-state index in [1.807, 2.05) is 0 Å². The molecule has 0 bridgehead atoms. The van der Waals surface area contributed by atoms with Gasteiger partial charge in [0, 0.05) is 35.7 Å². The van der Waals surface area contributed by atoms with Crippen molar-refractivity contribution in [1.82, 2.24) is 4.31 Å². The minimum absolute atomic E-state index is 0.0457. The first kappa shape index (κ1) is 23.3. The molecule has 1 saturated heterocycles. The first-order valence-corrected chi connectivity index (χ1v) is 11.7. The predicted octanol–water partition coefficient (Wildman–Crippen LogP) is 3.68. The molecule has 1 fully saturated rings. The van der Waals surface area contributed by atoms with Crippen molar-refractivity contribution < 1.29 is 27.1 Å². The van der Waals surface area contributed by atoms with Gasteiger partial charge in [0.15, 0.2) is 0 Å². The summed E-state index contributed by atoms with van der Waals surface area (Å²) >= 11 is 5.97. The molecular weight excluding hydrogens is 447 g/mol. The van der Waals surface area contributed by atoms with Crippen LogP contribution in [-0.2, 0) is 20.6 Å². The lowest BCUT2D eigenvalue weighted by Crippen LogP contribution is -2.42. The Morgan fingerprint density at radius 1 is 1.19 bits per heavy atom. The number of rotatable bonds is 7. The summed E-state index contributed by atoms with van der Waals surface area (Å²) in [4.78, 5) is 12.7. The van der Waals surface area contributed by atoms with Crippen LogP contribution < -0.4 is 14.8 Å². The third-order valence-electron chi connectivity index (χ3n) is 5.27. The van der Waals surface area contributed by atoms with Gasteiger partial charge in [0.25, 0.3) is 0 Å². The topological polar surface area (TPSA) is 84.9 Å². The van der Waals surface area contributed by atoms with E-state index in [0.717, 1.165) is 0 Å². The van der Waals surface area contributed by atoms with Gasteiger partial charge in [0.05, 0.1) is 25.7 Å². The number of halogens is 2. The number of benzene rings is 2. The molecule has 3 rings (SSSR count). The number of carbonyl (C=O) groups excluding carboxylic acids is 1. The normalized spacial score (nSPS) is 15.5. The molecule has 1 amide bonds. The van der Waals surface area contributed by atoms with Crippen molar-refractivity contribution in [1.29, 1.82) is 0 Å². The number of nitrogens with one attached hydrogen (secondary N) is 1. The molecule has 0 saturated carbocycles. The first-order valence-electron chi connectivity index (χ1n) is 9.68. The Labute approximate surface area is 186 Å². The van der Waals surface area contributed by atoms with Crippen molar-refractivity contribution in [3.05, 3.63) is 52.8 Å². The lowest BCUT2D eigenvalue weighted by Gasteiger charge is -2.30. The summed E-state index contributed by atoms with van der Waals surface area (Å²) in [5, 5.41) is 2.91. The molecule has 0 spiro atoms. The Morgan fingerprint density at radius 2 is 1.90 bits per heavy atom. The predicted molar refractivity (Wildman–Crippen MR) is 117 cm³/mol. The van der Waals surface area contributed by atoms with Gasteiger partial charge >= 0.3 is 0 Å². The second kappa shape index (κ2) is 9.84. The van der Waals surface area contributed by atoms with Crippen LogP contribution in [0, 0.1) is 11.7 Å². The van der Waals surface area contributed by atoms with Crippen LogP contribution in [0.15, 0.2) is 36.4 Å². The molecule has 0 radical (unpaired) electrons. The highest BCUT2D eigenvalue weighted by atomic mass is 35.5. The van der Waals surface area contributed by atoms with Crippen molar-refractivity contribution in [2.75, 3.05) is 32.6 Å². The number of sulfonamides is 1. The van der Waals surface area contributed by atoms with Crippen LogP contribution in [0.2, 0.25) is 5.02 Å². The average Bonchev–Trinajstić information content (AvgIpc) is 2.76. The van der Waals surface area contributed by atoms with Crippen molar-refractivity contribution in [3.63, 3.8) is 0 Å². The van der Waals surface area contributed by atoms with E-state index in [4.69, 9.17) is 21.1 Å². The summed E-state index contributed by atoms with van der Waals surface area (Å²) in [6, 6.07) is 9.13. The molecule has 1 heterocycles. The van der Waals surface area contributed by atoms with Gasteiger partial charge < -0.3 is 14.8 Å². The Hall–Kier alpha value is -2.36. The highest BCUT2D eigenvalue weighted by Gasteiger charge is 2.32. The molecule has 0 unspecified atom stereocenters. The smallest absolute Gasteiger partial charge is 0.227 e. The summed E-state index contributed by atoms with van der Waals surface area (Å²) < 4.78 is 51.2. The maximum atomic E-state index is 14.0. The SMILES string of the molecule is COc1ccc(NC(=O)C2CCN(S(=O)(=O)Cc3c(F)cccc3Cl)CC2)c(OC)c1. The lowest BCUT2D eigenvalue weighted by atomic mass is 9.97. The number of anilines is 1. The van der Waals surface area contributed by atoms with E-state index >= 15 is 0 Å². The summed E-state index contributed by atoms with van der Waals surface area (Å²) in [5.41, 5.74) is 0.466. The zero-order valence-corrected chi connectivity index (χ0v) is 18.8. The van der Waals surface area contributed by atoms with Crippen LogP contribution in [0.4, 0.5) is 10.1 Å². The standard InChI is InChI=1S/C21H24ClFN2O5S/c1-29-15-6-7-19(20(12-15)30-2)24-21(26)14-8-10-25(11-9-14)31(27,28)13-16-17(22)4-3-5-18(16)23/h3-7,12,14H,8-11,13H2,1-2H3,(H,24,26). The van der Waals surface area contributed by atoms with Gasteiger partial charge in [-0.05, 0) is 37.1 Å². The van der Waals surface area contributed by atoms with Crippen molar-refractivity contribution in [3.8, 4) is 11.5 Å². The van der Waals surface area contributed by atoms with Gasteiger partial charge in [-0.2, -0.15) is 0 Å². The molecule has 31 heavy (non-hydrogen) atoms. The van der Waals surface area contributed by atoms with Gasteiger partial charge in [-0.1, -0.05) is 17.7 Å². The zero-order chi connectivity index (χ0) is 22.6. The lowest BCUT2D eigenvalue weighted by molar-refractivity contribution is -0.120. The fraction of sp³-hybridized carbons (Fsp3) is 0.381. The quantitative estimate of drug-likeness (QED) is 0.667. The molecule has 2 aromatic carbocycles. The zero-order valence-electron chi connectivity index (χ0n) is 17.2. The van der Waals surface area contributed by atoms with Crippen LogP contribution in [0.5, 0.6) is 11.5 Å². The summed E-state index contributed by atoms with van der Waals surface area (Å²) in [6.07, 6.45) is 0.711. The number of piperidine rings is 1. The third-order valence-corrected chi connectivity index (χ3v) is 7.43. The molecule has 1 aliphatic rings. The Morgan fingerprint density at radius 3 is 2.52 bits per heavy atom. The fourth-order valence-electron chi connectivity index (χ4n) is 3.48. The van der Waals surface area contributed by atoms with Crippen molar-refractivity contribution in [2.24, 2.45) is 5.92 Å². The van der Waals surface area contributed by atoms with Crippen LogP contribution in [-0.4, -0.2) is 45.9 Å². The molecule has 0 aliphatic carbocycles. The number of hydrogen-bond donors (Lipinski definition) is 1. The molecule has 2 aromatic rings. The van der Waals surface area contributed by atoms with E-state index in [1.54, 1.807) is 18.2 Å². The molecule has 0 atom stereocenters. The Bertz CT molecular complexity index is 1040. The Kier molecular flexibility index (Phi) is 7.40. The van der Waals surface area contributed by atoms with Crippen LogP contribution in [0.3, 0.4) is 0 Å². The number of nitrogens with zero attached hydrogens (tertiary/aromatic N) is 1. The monoisotopic (exact) mass is 470 g/mol. The highest BCUT2D eigenvalue weighted by Crippen LogP contribution is 2.31. The first-order chi connectivity index (χ1) is 14.7. The number of ether oxygens (including phenoxy) is 2. The van der Waals surface area contributed by atoms with E-state index in [1.165, 1.54) is 36.7 Å². The van der Waals surface area contributed by atoms with Gasteiger partial charge in [-0.15, -0.1) is 0 Å². The van der Waals surface area contributed by atoms with E-state index in [9.17, 15) is 17.6 Å². The molecule has 0 aromatic heterocycles. The summed E-state index contributed by atoms with van der Waals surface area (Å²) in [7, 11) is -0.732. The van der Waals surface area contributed by atoms with E-state index < -0.39 is 21.6 Å². The largest absolute Gasteiger partial charge is 0.497 e. The van der Waals surface area contributed by atoms with Crippen LogP contribution in [0.25, 0.3) is 0 Å². The minimum Gasteiger partial charge on any atom is -0.497 e. The number of methoxy groups -OCH3 is 2. The van der Waals surface area contributed by atoms with E-state index in [2.05, 4.69) is 5.32 Å². The highest BCUT2D eigenvalue weighted by molar-refractivity contribution is 7.88. The molecule has 1 N–H and O–H groups in total. The number of hydrogen-bond acceptors (Lipinski definition) is 5. The second-order valence-electron chi connectivity index (χ2n) is 7.19. The Balaban J connectivity index is 1.62.